The molecule has 0 bridgehead atoms. The van der Waals surface area contributed by atoms with E-state index in [2.05, 4.69) is 26.7 Å². The number of hydrogen-bond acceptors (Lipinski definition) is 6. The summed E-state index contributed by atoms with van der Waals surface area (Å²) in [7, 11) is 0. The van der Waals surface area contributed by atoms with E-state index in [1.807, 2.05) is 66.9 Å². The van der Waals surface area contributed by atoms with Gasteiger partial charge >= 0.3 is 5.97 Å². The van der Waals surface area contributed by atoms with Gasteiger partial charge in [0, 0.05) is 57.7 Å². The van der Waals surface area contributed by atoms with Crippen molar-refractivity contribution in [3.63, 3.8) is 0 Å². The fraction of sp³-hybridized carbons (Fsp3) is 0.167. The molecule has 0 aliphatic heterocycles. The predicted octanol–water partition coefficient (Wildman–Crippen LogP) is 8.13. The van der Waals surface area contributed by atoms with Gasteiger partial charge < -0.3 is 9.67 Å². The van der Waals surface area contributed by atoms with Gasteiger partial charge in [-0.3, -0.25) is 0 Å². The van der Waals surface area contributed by atoms with Crippen molar-refractivity contribution >= 4 is 39.1 Å². The van der Waals surface area contributed by atoms with Crippen LogP contribution in [-0.2, 0) is 0 Å². The van der Waals surface area contributed by atoms with Crippen molar-refractivity contribution in [2.75, 3.05) is 0 Å². The lowest BCUT2D eigenvalue weighted by atomic mass is 9.94. The summed E-state index contributed by atoms with van der Waals surface area (Å²) in [6.45, 7) is 0. The minimum atomic E-state index is -1.00. The van der Waals surface area contributed by atoms with Crippen LogP contribution >= 0.6 is 0 Å². The molecular weight excluding hydrogens is 548 g/mol. The highest BCUT2D eigenvalue weighted by molar-refractivity contribution is 6.07. The van der Waals surface area contributed by atoms with E-state index in [1.54, 1.807) is 18.5 Å². The molecule has 8 nitrogen and oxygen atoms in total. The van der Waals surface area contributed by atoms with Gasteiger partial charge in [0.1, 0.15) is 5.82 Å². The van der Waals surface area contributed by atoms with Crippen molar-refractivity contribution in [3.05, 3.63) is 103 Å². The van der Waals surface area contributed by atoms with E-state index in [1.165, 1.54) is 6.42 Å². The zero-order valence-corrected chi connectivity index (χ0v) is 23.9. The molecule has 0 radical (unpaired) electrons. The Morgan fingerprint density at radius 3 is 2.34 bits per heavy atom. The third-order valence-electron chi connectivity index (χ3n) is 8.64. The summed E-state index contributed by atoms with van der Waals surface area (Å²) < 4.78 is 2.31. The number of pyridine rings is 4. The fourth-order valence-electron chi connectivity index (χ4n) is 6.55. The van der Waals surface area contributed by atoms with E-state index < -0.39 is 5.97 Å². The van der Waals surface area contributed by atoms with Crippen LogP contribution in [0.3, 0.4) is 0 Å². The molecule has 7 aromatic rings. The summed E-state index contributed by atoms with van der Waals surface area (Å²) in [5.41, 5.74) is 7.07. The van der Waals surface area contributed by atoms with Gasteiger partial charge in [-0.2, -0.15) is 0 Å². The Kier molecular flexibility index (Phi) is 6.33. The molecular formula is C36H28N6O2. The monoisotopic (exact) mass is 576 g/mol. The summed E-state index contributed by atoms with van der Waals surface area (Å²) in [6, 6.07) is 25.8. The van der Waals surface area contributed by atoms with Gasteiger partial charge in [0.05, 0.1) is 22.3 Å². The molecule has 8 heteroatoms. The van der Waals surface area contributed by atoms with E-state index in [0.29, 0.717) is 27.9 Å². The third-order valence-corrected chi connectivity index (χ3v) is 8.64. The molecule has 0 unspecified atom stereocenters. The van der Waals surface area contributed by atoms with Gasteiger partial charge in [-0.05, 0) is 61.4 Å². The first-order chi connectivity index (χ1) is 21.6. The van der Waals surface area contributed by atoms with E-state index >= 15 is 0 Å². The first-order valence-corrected chi connectivity index (χ1v) is 15.0. The summed E-state index contributed by atoms with van der Waals surface area (Å²) in [5.74, 6) is -0.220. The molecule has 2 aromatic carbocycles. The molecule has 1 fully saturated rings. The minimum absolute atomic E-state index is 0.191. The molecule has 0 amide bonds. The number of carboxylic acid groups (broad SMARTS) is 1. The van der Waals surface area contributed by atoms with Gasteiger partial charge in [0.15, 0.2) is 11.3 Å². The van der Waals surface area contributed by atoms with Crippen molar-refractivity contribution in [3.8, 4) is 33.8 Å². The molecule has 1 N–H and O–H groups in total. The quantitative estimate of drug-likeness (QED) is 0.220. The minimum Gasteiger partial charge on any atom is -0.478 e. The third kappa shape index (κ3) is 4.46. The molecule has 8 rings (SSSR count). The van der Waals surface area contributed by atoms with Crippen LogP contribution < -0.4 is 0 Å². The van der Waals surface area contributed by atoms with Crippen molar-refractivity contribution in [1.82, 2.24) is 29.5 Å². The first-order valence-electron chi connectivity index (χ1n) is 15.0. The number of fused-ring (bicyclic) bond motifs is 3. The normalized spacial score (nSPS) is 14.0. The molecule has 1 saturated carbocycles. The Bertz CT molecular complexity index is 2200. The van der Waals surface area contributed by atoms with Crippen LogP contribution in [0.25, 0.3) is 66.9 Å². The van der Waals surface area contributed by atoms with Gasteiger partial charge in [0.25, 0.3) is 0 Å². The molecule has 0 spiro atoms. The van der Waals surface area contributed by atoms with Crippen LogP contribution in [0.1, 0.15) is 48.5 Å². The highest BCUT2D eigenvalue weighted by Gasteiger charge is 2.27. The number of carbonyl (C=O) groups is 1. The van der Waals surface area contributed by atoms with Crippen molar-refractivity contribution in [2.24, 2.45) is 0 Å². The Hall–Kier alpha value is -5.50. The van der Waals surface area contributed by atoms with Crippen LogP contribution in [0.15, 0.2) is 97.5 Å². The summed E-state index contributed by atoms with van der Waals surface area (Å²) >= 11 is 0. The molecule has 44 heavy (non-hydrogen) atoms. The lowest BCUT2D eigenvalue weighted by Gasteiger charge is -2.25. The Labute approximate surface area is 253 Å². The number of rotatable bonds is 5. The van der Waals surface area contributed by atoms with Crippen molar-refractivity contribution < 1.29 is 9.90 Å². The Balaban J connectivity index is 1.35. The van der Waals surface area contributed by atoms with Crippen LogP contribution in [0.4, 0.5) is 0 Å². The smallest absolute Gasteiger partial charge is 0.336 e. The average molecular weight is 577 g/mol. The largest absolute Gasteiger partial charge is 0.478 e. The van der Waals surface area contributed by atoms with Crippen LogP contribution in [-0.4, -0.2) is 40.6 Å². The van der Waals surface area contributed by atoms with E-state index in [4.69, 9.17) is 15.0 Å². The first kappa shape index (κ1) is 26.2. The second-order valence-corrected chi connectivity index (χ2v) is 11.4. The number of nitrogens with zero attached hydrogens (tertiary/aromatic N) is 6. The number of benzene rings is 2. The lowest BCUT2D eigenvalue weighted by Crippen LogP contribution is -2.14. The summed E-state index contributed by atoms with van der Waals surface area (Å²) in [4.78, 5) is 36.3. The van der Waals surface area contributed by atoms with Crippen LogP contribution in [0.5, 0.6) is 0 Å². The average Bonchev–Trinajstić information content (AvgIpc) is 3.47. The fourth-order valence-corrected chi connectivity index (χ4v) is 6.55. The number of hydrogen-bond donors (Lipinski definition) is 1. The molecule has 1 aliphatic rings. The number of aromatic nitrogens is 6. The standard InChI is InChI=1S/C36H28N6O2/c43-36(44)28-14-16-30-32(31(28)25-18-23-10-7-17-37-33(23)38-20-25)41-35(42(30)27-11-5-2-6-12-27)26-19-24-13-15-29(40-34(24)39-21-26)22-8-3-1-4-9-22/h1,3-4,7-10,13-21,27H,2,5-6,11-12H2,(H,43,44). The van der Waals surface area contributed by atoms with Crippen LogP contribution in [0, 0.1) is 0 Å². The molecule has 214 valence electrons. The topological polar surface area (TPSA) is 107 Å². The SMILES string of the molecule is O=C(O)c1ccc2c(nc(-c3cnc4nc(-c5ccccc5)ccc4c3)n2C2CCCCC2)c1-c1cnc2ncccc2c1. The molecule has 1 aliphatic carbocycles. The molecule has 5 aromatic heterocycles. The zero-order chi connectivity index (χ0) is 29.6. The Morgan fingerprint density at radius 1 is 0.727 bits per heavy atom. The van der Waals surface area contributed by atoms with Gasteiger partial charge in [0.2, 0.25) is 0 Å². The van der Waals surface area contributed by atoms with E-state index in [9.17, 15) is 9.90 Å². The number of imidazole rings is 1. The zero-order valence-electron chi connectivity index (χ0n) is 23.9. The van der Waals surface area contributed by atoms with E-state index in [0.717, 1.165) is 64.6 Å². The maximum Gasteiger partial charge on any atom is 0.336 e. The van der Waals surface area contributed by atoms with Crippen molar-refractivity contribution in [2.45, 2.75) is 38.1 Å². The predicted molar refractivity (Wildman–Crippen MR) is 171 cm³/mol. The number of carboxylic acids is 1. The second-order valence-electron chi connectivity index (χ2n) is 11.4. The lowest BCUT2D eigenvalue weighted by molar-refractivity contribution is 0.0698. The number of aromatic carboxylic acids is 1. The van der Waals surface area contributed by atoms with Crippen LogP contribution in [0.2, 0.25) is 0 Å². The maximum absolute atomic E-state index is 12.6. The maximum atomic E-state index is 12.6. The second kappa shape index (κ2) is 10.6. The van der Waals surface area contributed by atoms with Gasteiger partial charge in [-0.25, -0.2) is 29.7 Å². The van der Waals surface area contributed by atoms with E-state index in [-0.39, 0.29) is 11.6 Å². The molecule has 0 saturated heterocycles. The summed E-state index contributed by atoms with van der Waals surface area (Å²) in [5, 5.41) is 12.0. The summed E-state index contributed by atoms with van der Waals surface area (Å²) in [6.07, 6.45) is 10.8. The Morgan fingerprint density at radius 2 is 1.50 bits per heavy atom. The highest BCUT2D eigenvalue weighted by atomic mass is 16.4. The highest BCUT2D eigenvalue weighted by Crippen LogP contribution is 2.40. The van der Waals surface area contributed by atoms with Gasteiger partial charge in [-0.15, -0.1) is 0 Å². The van der Waals surface area contributed by atoms with Gasteiger partial charge in [-0.1, -0.05) is 49.6 Å². The molecule has 0 atom stereocenters. The molecule has 5 heterocycles. The van der Waals surface area contributed by atoms with Crippen molar-refractivity contribution in [1.29, 1.82) is 0 Å².